The molecule has 6 heteroatoms. The highest BCUT2D eigenvalue weighted by Crippen LogP contribution is 2.16. The number of esters is 3. The maximum Gasteiger partial charge on any atom is 0.306 e. The minimum atomic E-state index is -0.758. The summed E-state index contributed by atoms with van der Waals surface area (Å²) in [5, 5.41) is 0. The van der Waals surface area contributed by atoms with Crippen LogP contribution >= 0.6 is 0 Å². The van der Waals surface area contributed by atoms with Crippen LogP contribution in [0.3, 0.4) is 0 Å². The van der Waals surface area contributed by atoms with E-state index in [0.29, 0.717) is 19.3 Å². The summed E-state index contributed by atoms with van der Waals surface area (Å²) in [5.74, 6) is -0.0766. The molecular formula is C45H86O6. The molecule has 0 rings (SSSR count). The fraction of sp³-hybridized carbons (Fsp3) is 0.933. The molecule has 0 aromatic rings. The van der Waals surface area contributed by atoms with Gasteiger partial charge in [0.25, 0.3) is 0 Å². The normalized spacial score (nSPS) is 11.9. The van der Waals surface area contributed by atoms with Gasteiger partial charge in [0.1, 0.15) is 13.2 Å². The second kappa shape index (κ2) is 39.6. The van der Waals surface area contributed by atoms with Crippen molar-refractivity contribution in [1.82, 2.24) is 0 Å². The summed E-state index contributed by atoms with van der Waals surface area (Å²) in [4.78, 5) is 37.6. The predicted octanol–water partition coefficient (Wildman–Crippen LogP) is 13.9. The third kappa shape index (κ3) is 39.5. The Morgan fingerprint density at radius 2 is 0.647 bits per heavy atom. The molecule has 0 N–H and O–H groups in total. The molecule has 51 heavy (non-hydrogen) atoms. The predicted molar refractivity (Wildman–Crippen MR) is 215 cm³/mol. The summed E-state index contributed by atoms with van der Waals surface area (Å²) in [6.45, 7) is 8.93. The Morgan fingerprint density at radius 3 is 0.961 bits per heavy atom. The van der Waals surface area contributed by atoms with E-state index in [1.54, 1.807) is 0 Å². The molecule has 0 saturated carbocycles. The van der Waals surface area contributed by atoms with Crippen molar-refractivity contribution in [2.75, 3.05) is 13.2 Å². The van der Waals surface area contributed by atoms with Crippen molar-refractivity contribution in [2.45, 2.75) is 252 Å². The van der Waals surface area contributed by atoms with E-state index in [4.69, 9.17) is 14.2 Å². The van der Waals surface area contributed by atoms with Gasteiger partial charge in [-0.3, -0.25) is 14.4 Å². The molecule has 0 radical (unpaired) electrons. The first-order valence-corrected chi connectivity index (χ1v) is 22.4. The Bertz CT molecular complexity index is 766. The summed E-state index contributed by atoms with van der Waals surface area (Å²) in [7, 11) is 0. The zero-order valence-corrected chi connectivity index (χ0v) is 34.6. The monoisotopic (exact) mass is 723 g/mol. The Balaban J connectivity index is 4.34. The van der Waals surface area contributed by atoms with E-state index < -0.39 is 6.10 Å². The highest BCUT2D eigenvalue weighted by atomic mass is 16.6. The second-order valence-corrected chi connectivity index (χ2v) is 15.8. The van der Waals surface area contributed by atoms with Crippen LogP contribution in [0.2, 0.25) is 0 Å². The quantitative estimate of drug-likeness (QED) is 0.0356. The van der Waals surface area contributed by atoms with E-state index in [2.05, 4.69) is 27.7 Å². The minimum Gasteiger partial charge on any atom is -0.462 e. The van der Waals surface area contributed by atoms with E-state index in [1.807, 2.05) is 0 Å². The average molecular weight is 723 g/mol. The van der Waals surface area contributed by atoms with Crippen molar-refractivity contribution in [1.29, 1.82) is 0 Å². The van der Waals surface area contributed by atoms with E-state index in [1.165, 1.54) is 141 Å². The van der Waals surface area contributed by atoms with Gasteiger partial charge in [-0.2, -0.15) is 0 Å². The number of carbonyl (C=O) groups is 3. The van der Waals surface area contributed by atoms with Crippen LogP contribution in [0.15, 0.2) is 0 Å². The second-order valence-electron chi connectivity index (χ2n) is 15.8. The van der Waals surface area contributed by atoms with Crippen molar-refractivity contribution >= 4 is 17.9 Å². The van der Waals surface area contributed by atoms with Crippen molar-refractivity contribution in [3.05, 3.63) is 0 Å². The molecule has 1 atom stereocenters. The molecule has 0 heterocycles. The Hall–Kier alpha value is -1.59. The third-order valence-corrected chi connectivity index (χ3v) is 10.0. The molecule has 0 amide bonds. The summed E-state index contributed by atoms with van der Waals surface area (Å²) in [6.07, 6.45) is 38.0. The van der Waals surface area contributed by atoms with Gasteiger partial charge in [0.15, 0.2) is 6.10 Å². The summed E-state index contributed by atoms with van der Waals surface area (Å²) < 4.78 is 16.7. The molecule has 302 valence electrons. The minimum absolute atomic E-state index is 0.0643. The number of ether oxygens (including phenoxy) is 3. The van der Waals surface area contributed by atoms with Crippen LogP contribution in [0.5, 0.6) is 0 Å². The highest BCUT2D eigenvalue weighted by molar-refractivity contribution is 5.71. The van der Waals surface area contributed by atoms with E-state index in [0.717, 1.165) is 63.7 Å². The smallest absolute Gasteiger partial charge is 0.306 e. The highest BCUT2D eigenvalue weighted by Gasteiger charge is 2.19. The van der Waals surface area contributed by atoms with Crippen molar-refractivity contribution in [3.8, 4) is 0 Å². The molecule has 6 nitrogen and oxygen atoms in total. The lowest BCUT2D eigenvalue weighted by Gasteiger charge is -2.18. The summed E-state index contributed by atoms with van der Waals surface area (Å²) in [5.41, 5.74) is 0. The molecule has 0 spiro atoms. The average Bonchev–Trinajstić information content (AvgIpc) is 3.11. The van der Waals surface area contributed by atoms with Crippen LogP contribution in [-0.2, 0) is 28.6 Å². The van der Waals surface area contributed by atoms with Crippen molar-refractivity contribution in [3.63, 3.8) is 0 Å². The van der Waals surface area contributed by atoms with E-state index in [-0.39, 0.29) is 31.1 Å². The van der Waals surface area contributed by atoms with Crippen LogP contribution in [0.25, 0.3) is 0 Å². The zero-order valence-electron chi connectivity index (χ0n) is 34.6. The first-order chi connectivity index (χ1) is 24.9. The van der Waals surface area contributed by atoms with Gasteiger partial charge in [0.05, 0.1) is 0 Å². The van der Waals surface area contributed by atoms with Gasteiger partial charge in [-0.05, 0) is 25.2 Å². The van der Waals surface area contributed by atoms with Crippen LogP contribution in [0.4, 0.5) is 0 Å². The number of hydrogen-bond donors (Lipinski definition) is 0. The fourth-order valence-electron chi connectivity index (χ4n) is 6.63. The lowest BCUT2D eigenvalue weighted by molar-refractivity contribution is -0.167. The number of carbonyl (C=O) groups excluding carboxylic acids is 3. The van der Waals surface area contributed by atoms with E-state index >= 15 is 0 Å². The largest absolute Gasteiger partial charge is 0.462 e. The molecule has 0 fully saturated rings. The van der Waals surface area contributed by atoms with Crippen molar-refractivity contribution < 1.29 is 28.6 Å². The SMILES string of the molecule is CCCCCCCCCCCCCCC(=O)O[C@@H](COC(=O)CCCCCCCCCCCCC)COC(=O)CCCCCCCCCC(C)C. The molecule has 0 aromatic carbocycles. The Labute approximate surface area is 317 Å². The molecule has 0 aromatic heterocycles. The molecule has 0 bridgehead atoms. The van der Waals surface area contributed by atoms with Gasteiger partial charge in [0, 0.05) is 19.3 Å². The lowest BCUT2D eigenvalue weighted by atomic mass is 10.0. The molecule has 0 aliphatic rings. The maximum absolute atomic E-state index is 12.7. The standard InChI is InChI=1S/C45H86O6/c1-5-7-9-11-13-15-17-19-21-25-30-34-38-45(48)51-42(40-50-44(47)37-33-29-26-22-23-27-31-35-41(3)4)39-49-43(46)36-32-28-24-20-18-16-14-12-10-8-6-2/h41-42H,5-40H2,1-4H3/t42-/m0/s1. The fourth-order valence-corrected chi connectivity index (χ4v) is 6.63. The van der Waals surface area contributed by atoms with Crippen LogP contribution in [0, 0.1) is 5.92 Å². The van der Waals surface area contributed by atoms with Crippen LogP contribution < -0.4 is 0 Å². The van der Waals surface area contributed by atoms with E-state index in [9.17, 15) is 14.4 Å². The topological polar surface area (TPSA) is 78.9 Å². The number of unbranched alkanes of at least 4 members (excludes halogenated alkanes) is 27. The van der Waals surface area contributed by atoms with Gasteiger partial charge in [-0.1, -0.05) is 207 Å². The first kappa shape index (κ1) is 49.4. The molecule has 0 saturated heterocycles. The van der Waals surface area contributed by atoms with Gasteiger partial charge in [0.2, 0.25) is 0 Å². The Morgan fingerprint density at radius 1 is 0.373 bits per heavy atom. The maximum atomic E-state index is 12.7. The van der Waals surface area contributed by atoms with Gasteiger partial charge < -0.3 is 14.2 Å². The summed E-state index contributed by atoms with van der Waals surface area (Å²) >= 11 is 0. The molecular weight excluding hydrogens is 636 g/mol. The number of rotatable bonds is 40. The van der Waals surface area contributed by atoms with Crippen molar-refractivity contribution in [2.24, 2.45) is 5.92 Å². The third-order valence-electron chi connectivity index (χ3n) is 10.0. The van der Waals surface area contributed by atoms with Gasteiger partial charge >= 0.3 is 17.9 Å². The first-order valence-electron chi connectivity index (χ1n) is 22.4. The summed E-state index contributed by atoms with van der Waals surface area (Å²) in [6, 6.07) is 0. The van der Waals surface area contributed by atoms with Gasteiger partial charge in [-0.15, -0.1) is 0 Å². The molecule has 0 aliphatic heterocycles. The molecule has 0 aliphatic carbocycles. The number of hydrogen-bond acceptors (Lipinski definition) is 6. The van der Waals surface area contributed by atoms with Crippen LogP contribution in [-0.4, -0.2) is 37.2 Å². The van der Waals surface area contributed by atoms with Gasteiger partial charge in [-0.25, -0.2) is 0 Å². The lowest BCUT2D eigenvalue weighted by Crippen LogP contribution is -2.30. The van der Waals surface area contributed by atoms with Crippen LogP contribution in [0.1, 0.15) is 246 Å². The zero-order chi connectivity index (χ0) is 37.5. The Kier molecular flexibility index (Phi) is 38.4. The molecule has 0 unspecified atom stereocenters.